The fraction of sp³-hybridized carbons (Fsp3) is 0.290. The Bertz CT molecular complexity index is 1500. The van der Waals surface area contributed by atoms with Crippen molar-refractivity contribution in [3.8, 4) is 16.3 Å². The Kier molecular flexibility index (Phi) is 8.91. The number of nitrogens with zero attached hydrogens (tertiary/aromatic N) is 4. The minimum absolute atomic E-state index is 0.0328. The molecule has 1 fully saturated rings. The number of nitrogens with one attached hydrogen (secondary N) is 2. The second kappa shape index (κ2) is 12.9. The first kappa shape index (κ1) is 28.3. The SMILES string of the molecule is COc1cccc(CNC(=O)c2ccc(-c3ccnc(Nc4ccc(C(=O)N(C)C5CCN(C)CC5)cc4)n3)s2)c1. The Morgan fingerprint density at radius 2 is 1.85 bits per heavy atom. The summed E-state index contributed by atoms with van der Waals surface area (Å²) in [6, 6.07) is 20.8. The molecule has 2 aromatic heterocycles. The van der Waals surface area contributed by atoms with Crippen LogP contribution in [0.25, 0.3) is 10.6 Å². The van der Waals surface area contributed by atoms with Crippen molar-refractivity contribution in [3.05, 3.63) is 88.9 Å². The Morgan fingerprint density at radius 1 is 1.07 bits per heavy atom. The molecule has 1 saturated heterocycles. The van der Waals surface area contributed by atoms with Crippen molar-refractivity contribution >= 4 is 34.8 Å². The molecule has 0 bridgehead atoms. The topological polar surface area (TPSA) is 99.7 Å². The van der Waals surface area contributed by atoms with Crippen LogP contribution in [0, 0.1) is 0 Å². The van der Waals surface area contributed by atoms with Gasteiger partial charge in [0, 0.05) is 37.1 Å². The zero-order valence-corrected chi connectivity index (χ0v) is 24.3. The first-order valence-electron chi connectivity index (χ1n) is 13.6. The number of methoxy groups -OCH3 is 1. The Morgan fingerprint density at radius 3 is 2.61 bits per heavy atom. The van der Waals surface area contributed by atoms with Crippen LogP contribution in [0.5, 0.6) is 5.75 Å². The molecule has 5 rings (SSSR count). The monoisotopic (exact) mass is 570 g/mol. The summed E-state index contributed by atoms with van der Waals surface area (Å²) in [7, 11) is 5.63. The molecule has 2 N–H and O–H groups in total. The van der Waals surface area contributed by atoms with Crippen molar-refractivity contribution in [1.82, 2.24) is 25.1 Å². The summed E-state index contributed by atoms with van der Waals surface area (Å²) in [5.41, 5.74) is 3.11. The molecule has 10 heteroatoms. The van der Waals surface area contributed by atoms with Crippen LogP contribution in [0.4, 0.5) is 11.6 Å². The Balaban J connectivity index is 1.19. The van der Waals surface area contributed by atoms with Gasteiger partial charge >= 0.3 is 0 Å². The van der Waals surface area contributed by atoms with Crippen molar-refractivity contribution in [3.63, 3.8) is 0 Å². The van der Waals surface area contributed by atoms with Gasteiger partial charge in [0.2, 0.25) is 5.95 Å². The minimum Gasteiger partial charge on any atom is -0.497 e. The number of anilines is 2. The summed E-state index contributed by atoms with van der Waals surface area (Å²) in [5, 5.41) is 6.17. The summed E-state index contributed by atoms with van der Waals surface area (Å²) in [4.78, 5) is 40.4. The maximum Gasteiger partial charge on any atom is 0.261 e. The third-order valence-corrected chi connectivity index (χ3v) is 8.38. The predicted octanol–water partition coefficient (Wildman–Crippen LogP) is 5.05. The molecular formula is C31H34N6O3S. The standard InChI is InChI=1S/C31H34N6O3S/c1-36-17-14-24(15-18-36)37(2)30(39)22-7-9-23(10-8-22)34-31-32-16-13-26(35-31)27-11-12-28(41-27)29(38)33-20-21-5-4-6-25(19-21)40-3/h4-13,16,19,24H,14-15,17-18,20H2,1-3H3,(H,33,38)(H,32,34,35). The molecule has 1 aliphatic rings. The molecule has 9 nitrogen and oxygen atoms in total. The van der Waals surface area contributed by atoms with Crippen LogP contribution in [-0.2, 0) is 6.54 Å². The number of carbonyl (C=O) groups is 2. The summed E-state index contributed by atoms with van der Waals surface area (Å²) in [6.07, 6.45) is 3.67. The van der Waals surface area contributed by atoms with E-state index in [1.165, 1.54) is 11.3 Å². The van der Waals surface area contributed by atoms with Gasteiger partial charge in [-0.25, -0.2) is 9.97 Å². The summed E-state index contributed by atoms with van der Waals surface area (Å²) < 4.78 is 5.25. The fourth-order valence-corrected chi connectivity index (χ4v) is 5.67. The van der Waals surface area contributed by atoms with Crippen LogP contribution in [0.3, 0.4) is 0 Å². The van der Waals surface area contributed by atoms with Crippen LogP contribution in [0.15, 0.2) is 72.9 Å². The highest BCUT2D eigenvalue weighted by molar-refractivity contribution is 7.17. The largest absolute Gasteiger partial charge is 0.497 e. The number of rotatable bonds is 9. The maximum absolute atomic E-state index is 13.0. The highest BCUT2D eigenvalue weighted by Gasteiger charge is 2.24. The Labute approximate surface area is 244 Å². The highest BCUT2D eigenvalue weighted by atomic mass is 32.1. The number of aromatic nitrogens is 2. The van der Waals surface area contributed by atoms with Crippen LogP contribution >= 0.6 is 11.3 Å². The molecule has 0 radical (unpaired) electrons. The molecule has 0 aliphatic carbocycles. The molecule has 3 heterocycles. The van der Waals surface area contributed by atoms with Crippen LogP contribution in [0.1, 0.15) is 38.4 Å². The molecule has 0 unspecified atom stereocenters. The van der Waals surface area contributed by atoms with Crippen molar-refractivity contribution in [2.75, 3.05) is 39.6 Å². The number of hydrogen-bond acceptors (Lipinski definition) is 8. The lowest BCUT2D eigenvalue weighted by atomic mass is 10.0. The van der Waals surface area contributed by atoms with Gasteiger partial charge in [-0.05, 0) is 93.1 Å². The molecule has 41 heavy (non-hydrogen) atoms. The first-order valence-corrected chi connectivity index (χ1v) is 14.4. The van der Waals surface area contributed by atoms with Crippen molar-refractivity contribution in [2.45, 2.75) is 25.4 Å². The normalized spacial score (nSPS) is 13.9. The van der Waals surface area contributed by atoms with E-state index in [0.29, 0.717) is 28.6 Å². The number of hydrogen-bond donors (Lipinski definition) is 2. The first-order chi connectivity index (χ1) is 19.9. The lowest BCUT2D eigenvalue weighted by molar-refractivity contribution is 0.0659. The predicted molar refractivity (Wildman–Crippen MR) is 162 cm³/mol. The van der Waals surface area contributed by atoms with Crippen LogP contribution < -0.4 is 15.4 Å². The summed E-state index contributed by atoms with van der Waals surface area (Å²) in [6.45, 7) is 2.42. The fourth-order valence-electron chi connectivity index (χ4n) is 4.78. The molecule has 4 aromatic rings. The second-order valence-corrected chi connectivity index (χ2v) is 11.2. The van der Waals surface area contributed by atoms with Gasteiger partial charge in [-0.15, -0.1) is 11.3 Å². The van der Waals surface area contributed by atoms with Gasteiger partial charge in [0.15, 0.2) is 0 Å². The van der Waals surface area contributed by atoms with E-state index in [0.717, 1.165) is 47.8 Å². The molecule has 2 aromatic carbocycles. The summed E-state index contributed by atoms with van der Waals surface area (Å²) in [5.74, 6) is 1.07. The third-order valence-electron chi connectivity index (χ3n) is 7.27. The lowest BCUT2D eigenvalue weighted by Gasteiger charge is -2.35. The Hall–Kier alpha value is -4.28. The van der Waals surface area contributed by atoms with E-state index < -0.39 is 0 Å². The zero-order valence-electron chi connectivity index (χ0n) is 23.5. The van der Waals surface area contributed by atoms with Crippen molar-refractivity contribution < 1.29 is 14.3 Å². The van der Waals surface area contributed by atoms with E-state index in [4.69, 9.17) is 4.74 Å². The number of ether oxygens (including phenoxy) is 1. The van der Waals surface area contributed by atoms with E-state index in [1.807, 2.05) is 72.6 Å². The number of amides is 2. The third kappa shape index (κ3) is 7.08. The van der Waals surface area contributed by atoms with Crippen LogP contribution in [-0.4, -0.2) is 71.9 Å². The number of thiophene rings is 1. The number of benzene rings is 2. The van der Waals surface area contributed by atoms with E-state index >= 15 is 0 Å². The van der Waals surface area contributed by atoms with Gasteiger partial charge in [-0.1, -0.05) is 12.1 Å². The highest BCUT2D eigenvalue weighted by Crippen LogP contribution is 2.28. The molecule has 1 aliphatic heterocycles. The number of carbonyl (C=O) groups excluding carboxylic acids is 2. The average molecular weight is 571 g/mol. The molecule has 0 spiro atoms. The van der Waals surface area contributed by atoms with Crippen LogP contribution in [0.2, 0.25) is 0 Å². The quantitative estimate of drug-likeness (QED) is 0.290. The molecule has 2 amide bonds. The minimum atomic E-state index is -0.146. The average Bonchev–Trinajstić information content (AvgIpc) is 3.51. The summed E-state index contributed by atoms with van der Waals surface area (Å²) >= 11 is 1.37. The van der Waals surface area contributed by atoms with Gasteiger partial charge in [0.1, 0.15) is 5.75 Å². The second-order valence-electron chi connectivity index (χ2n) is 10.1. The van der Waals surface area contributed by atoms with Crippen molar-refractivity contribution in [2.24, 2.45) is 0 Å². The van der Waals surface area contributed by atoms with E-state index in [2.05, 4.69) is 32.5 Å². The van der Waals surface area contributed by atoms with Gasteiger partial charge in [-0.2, -0.15) is 0 Å². The smallest absolute Gasteiger partial charge is 0.261 e. The van der Waals surface area contributed by atoms with E-state index in [9.17, 15) is 9.59 Å². The lowest BCUT2D eigenvalue weighted by Crippen LogP contribution is -2.44. The maximum atomic E-state index is 13.0. The van der Waals surface area contributed by atoms with Gasteiger partial charge in [0.25, 0.3) is 11.8 Å². The van der Waals surface area contributed by atoms with E-state index in [1.54, 1.807) is 19.4 Å². The number of likely N-dealkylation sites (tertiary alicyclic amines) is 1. The van der Waals surface area contributed by atoms with Gasteiger partial charge in [-0.3, -0.25) is 9.59 Å². The van der Waals surface area contributed by atoms with Gasteiger partial charge < -0.3 is 25.2 Å². The number of piperidine rings is 1. The molecule has 212 valence electrons. The molecule has 0 atom stereocenters. The molecular weight excluding hydrogens is 536 g/mol. The van der Waals surface area contributed by atoms with E-state index in [-0.39, 0.29) is 17.9 Å². The molecule has 0 saturated carbocycles. The van der Waals surface area contributed by atoms with Gasteiger partial charge in [0.05, 0.1) is 22.6 Å². The van der Waals surface area contributed by atoms with Crippen molar-refractivity contribution in [1.29, 1.82) is 0 Å². The zero-order chi connectivity index (χ0) is 28.8.